The van der Waals surface area contributed by atoms with E-state index >= 15 is 0 Å². The fraction of sp³-hybridized carbons (Fsp3) is 0.500. The highest BCUT2D eigenvalue weighted by molar-refractivity contribution is 6.36. The molecule has 2 rings (SSSR count). The van der Waals surface area contributed by atoms with Crippen molar-refractivity contribution in [1.82, 2.24) is 10.6 Å². The number of carbonyl (C=O) groups excluding carboxylic acids is 1. The van der Waals surface area contributed by atoms with Gasteiger partial charge in [-0.15, -0.1) is 12.4 Å². The van der Waals surface area contributed by atoms with Crippen LogP contribution >= 0.6 is 35.6 Å². The van der Waals surface area contributed by atoms with E-state index in [0.29, 0.717) is 16.6 Å². The Balaban J connectivity index is 0.00000200. The first-order chi connectivity index (χ1) is 9.09. The van der Waals surface area contributed by atoms with Crippen LogP contribution in [0.4, 0.5) is 0 Å². The number of halogens is 3. The molecule has 1 aliphatic heterocycles. The molecule has 0 aliphatic carbocycles. The van der Waals surface area contributed by atoms with Crippen LogP contribution in [-0.2, 0) is 4.79 Å². The average molecular weight is 338 g/mol. The summed E-state index contributed by atoms with van der Waals surface area (Å²) in [5.74, 6) is 0.152. The van der Waals surface area contributed by atoms with E-state index in [1.165, 1.54) is 0 Å². The van der Waals surface area contributed by atoms with Crippen LogP contribution in [0.3, 0.4) is 0 Å². The molecule has 2 N–H and O–H groups in total. The zero-order chi connectivity index (χ0) is 13.8. The standard InChI is InChI=1S/C14H18Cl2N2O.ClH/c1-9(13-10(15)4-2-5-11(13)16)8-18-14(19)12-6-3-7-17-12;/h2,4-5,9,12,17H,3,6-8H2,1H3,(H,18,19);1H. The average Bonchev–Trinajstić information content (AvgIpc) is 2.89. The largest absolute Gasteiger partial charge is 0.354 e. The first kappa shape index (κ1) is 17.6. The molecule has 0 spiro atoms. The minimum atomic E-state index is -0.0473. The Labute approximate surface area is 135 Å². The fourth-order valence-electron chi connectivity index (χ4n) is 2.37. The molecule has 3 nitrogen and oxygen atoms in total. The van der Waals surface area contributed by atoms with Gasteiger partial charge in [0.25, 0.3) is 0 Å². The molecule has 20 heavy (non-hydrogen) atoms. The molecule has 2 atom stereocenters. The van der Waals surface area contributed by atoms with Crippen molar-refractivity contribution >= 4 is 41.5 Å². The summed E-state index contributed by atoms with van der Waals surface area (Å²) in [5.41, 5.74) is 0.894. The lowest BCUT2D eigenvalue weighted by Crippen LogP contribution is -2.41. The van der Waals surface area contributed by atoms with Gasteiger partial charge in [-0.1, -0.05) is 36.2 Å². The zero-order valence-corrected chi connectivity index (χ0v) is 13.6. The molecular weight excluding hydrogens is 319 g/mol. The van der Waals surface area contributed by atoms with E-state index in [1.54, 1.807) is 0 Å². The molecule has 1 aliphatic rings. The summed E-state index contributed by atoms with van der Waals surface area (Å²) >= 11 is 12.3. The van der Waals surface area contributed by atoms with E-state index < -0.39 is 0 Å². The number of rotatable bonds is 4. The highest BCUT2D eigenvalue weighted by Crippen LogP contribution is 2.30. The van der Waals surface area contributed by atoms with E-state index in [1.807, 2.05) is 25.1 Å². The molecule has 6 heteroatoms. The molecule has 0 aromatic heterocycles. The Morgan fingerprint density at radius 2 is 2.10 bits per heavy atom. The number of amides is 1. The Morgan fingerprint density at radius 3 is 2.65 bits per heavy atom. The normalized spacial score (nSPS) is 19.2. The summed E-state index contributed by atoms with van der Waals surface area (Å²) in [6.45, 7) is 3.47. The quantitative estimate of drug-likeness (QED) is 0.884. The van der Waals surface area contributed by atoms with Gasteiger partial charge in [0.1, 0.15) is 0 Å². The van der Waals surface area contributed by atoms with E-state index in [0.717, 1.165) is 24.9 Å². The molecule has 1 aromatic rings. The third-order valence-corrected chi connectivity index (χ3v) is 4.11. The number of carbonyl (C=O) groups is 1. The van der Waals surface area contributed by atoms with Gasteiger partial charge in [0.05, 0.1) is 6.04 Å². The molecule has 1 saturated heterocycles. The van der Waals surface area contributed by atoms with Crippen molar-refractivity contribution in [3.63, 3.8) is 0 Å². The third kappa shape index (κ3) is 4.26. The SMILES string of the molecule is CC(CNC(=O)C1CCCN1)c1c(Cl)cccc1Cl.Cl. The first-order valence-corrected chi connectivity index (χ1v) is 7.30. The Hall–Kier alpha value is -0.480. The number of hydrogen-bond donors (Lipinski definition) is 2. The Kier molecular flexibility index (Phi) is 7.10. The molecule has 1 aromatic carbocycles. The van der Waals surface area contributed by atoms with Crippen LogP contribution in [-0.4, -0.2) is 25.0 Å². The van der Waals surface area contributed by atoms with Gasteiger partial charge >= 0.3 is 0 Å². The number of hydrogen-bond acceptors (Lipinski definition) is 2. The lowest BCUT2D eigenvalue weighted by molar-refractivity contribution is -0.122. The maximum Gasteiger partial charge on any atom is 0.237 e. The highest BCUT2D eigenvalue weighted by Gasteiger charge is 2.22. The predicted octanol–water partition coefficient (Wildman–Crippen LogP) is 3.39. The Morgan fingerprint density at radius 1 is 1.45 bits per heavy atom. The van der Waals surface area contributed by atoms with Crippen molar-refractivity contribution in [2.75, 3.05) is 13.1 Å². The fourth-order valence-corrected chi connectivity index (χ4v) is 3.14. The summed E-state index contributed by atoms with van der Waals surface area (Å²) in [4.78, 5) is 11.9. The van der Waals surface area contributed by atoms with Crippen LogP contribution in [0.15, 0.2) is 18.2 Å². The summed E-state index contributed by atoms with van der Waals surface area (Å²) in [7, 11) is 0. The monoisotopic (exact) mass is 336 g/mol. The highest BCUT2D eigenvalue weighted by atomic mass is 35.5. The molecule has 1 amide bonds. The van der Waals surface area contributed by atoms with Crippen LogP contribution in [0.1, 0.15) is 31.2 Å². The number of nitrogens with one attached hydrogen (secondary N) is 2. The van der Waals surface area contributed by atoms with Crippen LogP contribution in [0.2, 0.25) is 10.0 Å². The van der Waals surface area contributed by atoms with Gasteiger partial charge in [-0.3, -0.25) is 4.79 Å². The minimum absolute atomic E-state index is 0. The molecule has 1 heterocycles. The van der Waals surface area contributed by atoms with Crippen LogP contribution in [0.25, 0.3) is 0 Å². The maximum absolute atomic E-state index is 11.9. The zero-order valence-electron chi connectivity index (χ0n) is 11.3. The van der Waals surface area contributed by atoms with E-state index in [4.69, 9.17) is 23.2 Å². The van der Waals surface area contributed by atoms with Crippen molar-refractivity contribution in [2.24, 2.45) is 0 Å². The second kappa shape index (κ2) is 8.08. The minimum Gasteiger partial charge on any atom is -0.354 e. The van der Waals surface area contributed by atoms with Crippen molar-refractivity contribution in [2.45, 2.75) is 31.7 Å². The molecule has 0 bridgehead atoms. The summed E-state index contributed by atoms with van der Waals surface area (Å²) in [6.07, 6.45) is 1.97. The van der Waals surface area contributed by atoms with Crippen LogP contribution in [0.5, 0.6) is 0 Å². The summed E-state index contributed by atoms with van der Waals surface area (Å²) < 4.78 is 0. The van der Waals surface area contributed by atoms with Gasteiger partial charge in [-0.05, 0) is 37.1 Å². The van der Waals surface area contributed by atoms with Crippen LogP contribution < -0.4 is 10.6 Å². The van der Waals surface area contributed by atoms with Gasteiger partial charge in [-0.2, -0.15) is 0 Å². The lowest BCUT2D eigenvalue weighted by Gasteiger charge is -2.18. The van der Waals surface area contributed by atoms with Crippen LogP contribution in [0, 0.1) is 0 Å². The maximum atomic E-state index is 11.9. The van der Waals surface area contributed by atoms with Crippen molar-refractivity contribution in [3.8, 4) is 0 Å². The van der Waals surface area contributed by atoms with Gasteiger partial charge in [0.15, 0.2) is 0 Å². The van der Waals surface area contributed by atoms with Gasteiger partial charge in [-0.25, -0.2) is 0 Å². The van der Waals surface area contributed by atoms with E-state index in [2.05, 4.69) is 10.6 Å². The second-order valence-electron chi connectivity index (χ2n) is 4.93. The third-order valence-electron chi connectivity index (χ3n) is 3.45. The van der Waals surface area contributed by atoms with E-state index in [9.17, 15) is 4.79 Å². The van der Waals surface area contributed by atoms with Gasteiger partial charge in [0, 0.05) is 22.5 Å². The topological polar surface area (TPSA) is 41.1 Å². The van der Waals surface area contributed by atoms with Crippen molar-refractivity contribution in [1.29, 1.82) is 0 Å². The predicted molar refractivity (Wildman–Crippen MR) is 86.2 cm³/mol. The molecule has 0 saturated carbocycles. The van der Waals surface area contributed by atoms with Gasteiger partial charge < -0.3 is 10.6 Å². The number of benzene rings is 1. The molecule has 0 radical (unpaired) electrons. The first-order valence-electron chi connectivity index (χ1n) is 6.54. The second-order valence-corrected chi connectivity index (χ2v) is 5.74. The molecule has 2 unspecified atom stereocenters. The lowest BCUT2D eigenvalue weighted by atomic mass is 10.0. The Bertz CT molecular complexity index is 441. The van der Waals surface area contributed by atoms with E-state index in [-0.39, 0.29) is 30.3 Å². The van der Waals surface area contributed by atoms with Crippen molar-refractivity contribution < 1.29 is 4.79 Å². The molecule has 1 fully saturated rings. The molecule has 112 valence electrons. The van der Waals surface area contributed by atoms with Crippen molar-refractivity contribution in [3.05, 3.63) is 33.8 Å². The summed E-state index contributed by atoms with van der Waals surface area (Å²) in [5, 5.41) is 7.43. The molecular formula is C14H19Cl3N2O. The smallest absolute Gasteiger partial charge is 0.237 e. The summed E-state index contributed by atoms with van der Waals surface area (Å²) in [6, 6.07) is 5.41. The van der Waals surface area contributed by atoms with Gasteiger partial charge in [0.2, 0.25) is 5.91 Å².